The molecule has 0 unspecified atom stereocenters. The molecule has 4 heteroatoms. The summed E-state index contributed by atoms with van der Waals surface area (Å²) in [5.41, 5.74) is 1.43. The molecule has 1 aliphatic heterocycles. The fraction of sp³-hybridized carbons (Fsp3) is 0.286. The summed E-state index contributed by atoms with van der Waals surface area (Å²) in [5, 5.41) is 0. The summed E-state index contributed by atoms with van der Waals surface area (Å²) in [5.74, 6) is 1.41. The van der Waals surface area contributed by atoms with Gasteiger partial charge in [-0.05, 0) is 37.6 Å². The third-order valence-corrected chi connectivity index (χ3v) is 3.66. The highest BCUT2D eigenvalue weighted by molar-refractivity contribution is 5.97. The van der Waals surface area contributed by atoms with Crippen molar-refractivity contribution in [2.45, 2.75) is 26.2 Å². The Morgan fingerprint density at radius 1 is 0.960 bits per heavy atom. The van der Waals surface area contributed by atoms with Gasteiger partial charge >= 0.3 is 0 Å². The van der Waals surface area contributed by atoms with Crippen LogP contribution in [0.15, 0.2) is 71.7 Å². The van der Waals surface area contributed by atoms with Gasteiger partial charge in [-0.25, -0.2) is 4.99 Å². The third-order valence-electron chi connectivity index (χ3n) is 3.66. The van der Waals surface area contributed by atoms with Gasteiger partial charge in [0.15, 0.2) is 5.72 Å². The van der Waals surface area contributed by atoms with Gasteiger partial charge in [0.2, 0.25) is 5.90 Å². The monoisotopic (exact) mass is 337 g/mol. The van der Waals surface area contributed by atoms with Crippen molar-refractivity contribution in [3.63, 3.8) is 0 Å². The van der Waals surface area contributed by atoms with E-state index in [0.717, 1.165) is 11.3 Å². The summed E-state index contributed by atoms with van der Waals surface area (Å²) in [7, 11) is 0. The van der Waals surface area contributed by atoms with Crippen LogP contribution in [0.5, 0.6) is 5.75 Å². The molecule has 0 amide bonds. The topological polar surface area (TPSA) is 40.0 Å². The molecular formula is C21H23NO3. The van der Waals surface area contributed by atoms with Crippen LogP contribution in [0, 0.1) is 0 Å². The van der Waals surface area contributed by atoms with Crippen LogP contribution in [0.1, 0.15) is 25.0 Å². The van der Waals surface area contributed by atoms with E-state index in [2.05, 4.69) is 17.1 Å². The predicted molar refractivity (Wildman–Crippen MR) is 98.9 cm³/mol. The minimum atomic E-state index is -0.619. The zero-order valence-corrected chi connectivity index (χ0v) is 14.6. The van der Waals surface area contributed by atoms with Crippen molar-refractivity contribution in [1.29, 1.82) is 0 Å². The summed E-state index contributed by atoms with van der Waals surface area (Å²) < 4.78 is 17.3. The lowest BCUT2D eigenvalue weighted by atomic mass is 10.1. The first kappa shape index (κ1) is 17.2. The Balaban J connectivity index is 1.47. The van der Waals surface area contributed by atoms with Crippen molar-refractivity contribution in [1.82, 2.24) is 0 Å². The maximum absolute atomic E-state index is 5.85. The molecule has 0 atom stereocenters. The van der Waals surface area contributed by atoms with Crippen molar-refractivity contribution < 1.29 is 14.2 Å². The van der Waals surface area contributed by atoms with Crippen molar-refractivity contribution in [3.05, 3.63) is 77.9 Å². The minimum Gasteiger partial charge on any atom is -0.473 e. The van der Waals surface area contributed by atoms with Crippen LogP contribution in [0.4, 0.5) is 0 Å². The quantitative estimate of drug-likeness (QED) is 0.581. The van der Waals surface area contributed by atoms with Crippen LogP contribution < -0.4 is 4.74 Å². The molecule has 0 N–H and O–H groups in total. The van der Waals surface area contributed by atoms with Gasteiger partial charge in [0, 0.05) is 0 Å². The van der Waals surface area contributed by atoms with E-state index in [9.17, 15) is 0 Å². The van der Waals surface area contributed by atoms with Gasteiger partial charge in [-0.15, -0.1) is 0 Å². The normalized spacial score (nSPS) is 15.4. The Morgan fingerprint density at radius 2 is 1.68 bits per heavy atom. The van der Waals surface area contributed by atoms with E-state index in [4.69, 9.17) is 14.2 Å². The lowest BCUT2D eigenvalue weighted by Crippen LogP contribution is -2.32. The van der Waals surface area contributed by atoms with Gasteiger partial charge in [0.1, 0.15) is 12.4 Å². The molecule has 0 spiro atoms. The maximum atomic E-state index is 5.85. The molecule has 2 aromatic carbocycles. The van der Waals surface area contributed by atoms with E-state index in [-0.39, 0.29) is 0 Å². The van der Waals surface area contributed by atoms with Crippen molar-refractivity contribution in [2.75, 3.05) is 13.2 Å². The third kappa shape index (κ3) is 4.94. The van der Waals surface area contributed by atoms with E-state index >= 15 is 0 Å². The smallest absolute Gasteiger partial charge is 0.223 e. The zero-order valence-electron chi connectivity index (χ0n) is 14.6. The second-order valence-corrected chi connectivity index (χ2v) is 6.25. The summed E-state index contributed by atoms with van der Waals surface area (Å²) in [6.07, 6.45) is 3.90. The van der Waals surface area contributed by atoms with Crippen LogP contribution in [-0.2, 0) is 16.1 Å². The SMILES string of the molecule is CC1(C)N=C(OC/C=C\COCc2ccccc2)c2ccccc2O1. The first-order valence-corrected chi connectivity index (χ1v) is 8.42. The Kier molecular flexibility index (Phi) is 5.51. The van der Waals surface area contributed by atoms with Crippen LogP contribution in [-0.4, -0.2) is 24.8 Å². The summed E-state index contributed by atoms with van der Waals surface area (Å²) in [6.45, 7) is 5.44. The number of benzene rings is 2. The Morgan fingerprint density at radius 3 is 2.52 bits per heavy atom. The molecule has 0 fully saturated rings. The molecule has 0 aromatic heterocycles. The first-order valence-electron chi connectivity index (χ1n) is 8.42. The lowest BCUT2D eigenvalue weighted by Gasteiger charge is -2.29. The largest absolute Gasteiger partial charge is 0.473 e. The first-order chi connectivity index (χ1) is 12.1. The predicted octanol–water partition coefficient (Wildman–Crippen LogP) is 4.35. The van der Waals surface area contributed by atoms with Crippen molar-refractivity contribution in [3.8, 4) is 5.75 Å². The Labute approximate surface area is 148 Å². The molecule has 2 aromatic rings. The highest BCUT2D eigenvalue weighted by Gasteiger charge is 2.28. The second-order valence-electron chi connectivity index (χ2n) is 6.25. The average Bonchev–Trinajstić information content (AvgIpc) is 2.60. The van der Waals surface area contributed by atoms with Gasteiger partial charge in [-0.3, -0.25) is 0 Å². The van der Waals surface area contributed by atoms with E-state index in [0.29, 0.717) is 25.7 Å². The van der Waals surface area contributed by atoms with E-state index in [1.165, 1.54) is 5.56 Å². The average molecular weight is 337 g/mol. The Hall–Kier alpha value is -2.59. The van der Waals surface area contributed by atoms with Crippen LogP contribution >= 0.6 is 0 Å². The number of hydrogen-bond donors (Lipinski definition) is 0. The highest BCUT2D eigenvalue weighted by atomic mass is 16.5. The number of nitrogens with zero attached hydrogens (tertiary/aromatic N) is 1. The van der Waals surface area contributed by atoms with Crippen molar-refractivity contribution >= 4 is 5.90 Å². The molecule has 1 aliphatic rings. The number of aliphatic imine (C=N–C) groups is 1. The highest BCUT2D eigenvalue weighted by Crippen LogP contribution is 2.30. The number of para-hydroxylation sites is 1. The standard InChI is InChI=1S/C21H23NO3/c1-21(2)22-20(18-12-6-7-13-19(18)25-21)24-15-9-8-14-23-16-17-10-4-3-5-11-17/h3-13H,14-16H2,1-2H3/b9-8-. The van der Waals surface area contributed by atoms with Crippen LogP contribution in [0.3, 0.4) is 0 Å². The van der Waals surface area contributed by atoms with E-state index < -0.39 is 5.72 Å². The second kappa shape index (κ2) is 7.99. The summed E-state index contributed by atoms with van der Waals surface area (Å²) >= 11 is 0. The van der Waals surface area contributed by atoms with Gasteiger partial charge in [0.25, 0.3) is 0 Å². The molecule has 130 valence electrons. The number of hydrogen-bond acceptors (Lipinski definition) is 4. The Bertz CT molecular complexity index is 751. The zero-order chi connectivity index (χ0) is 17.5. The van der Waals surface area contributed by atoms with E-state index in [1.54, 1.807) is 0 Å². The summed E-state index contributed by atoms with van der Waals surface area (Å²) in [6, 6.07) is 17.9. The molecule has 0 bridgehead atoms. The number of fused-ring (bicyclic) bond motifs is 1. The van der Waals surface area contributed by atoms with Crippen LogP contribution in [0.2, 0.25) is 0 Å². The minimum absolute atomic E-state index is 0.442. The van der Waals surface area contributed by atoms with Gasteiger partial charge in [-0.2, -0.15) is 0 Å². The van der Waals surface area contributed by atoms with Crippen molar-refractivity contribution in [2.24, 2.45) is 4.99 Å². The molecule has 0 saturated carbocycles. The summed E-state index contributed by atoms with van der Waals surface area (Å²) in [4.78, 5) is 4.54. The van der Waals surface area contributed by atoms with E-state index in [1.807, 2.05) is 68.5 Å². The molecular weight excluding hydrogens is 314 g/mol. The molecule has 3 rings (SSSR count). The van der Waals surface area contributed by atoms with Gasteiger partial charge in [-0.1, -0.05) is 48.5 Å². The lowest BCUT2D eigenvalue weighted by molar-refractivity contribution is 0.108. The number of rotatable bonds is 6. The van der Waals surface area contributed by atoms with Crippen LogP contribution in [0.25, 0.3) is 0 Å². The molecule has 0 radical (unpaired) electrons. The van der Waals surface area contributed by atoms with Gasteiger partial charge < -0.3 is 14.2 Å². The molecule has 0 saturated heterocycles. The number of ether oxygens (including phenoxy) is 3. The fourth-order valence-electron chi connectivity index (χ4n) is 2.52. The molecule has 1 heterocycles. The molecule has 25 heavy (non-hydrogen) atoms. The maximum Gasteiger partial charge on any atom is 0.223 e. The molecule has 4 nitrogen and oxygen atoms in total. The van der Waals surface area contributed by atoms with Gasteiger partial charge in [0.05, 0.1) is 18.8 Å². The fourth-order valence-corrected chi connectivity index (χ4v) is 2.52. The molecule has 0 aliphatic carbocycles.